The number of carbonyl (C=O) groups excluding carboxylic acids is 1. The van der Waals surface area contributed by atoms with Gasteiger partial charge in [-0.15, -0.1) is 0 Å². The molecular weight excluding hydrogens is 242 g/mol. The van der Waals surface area contributed by atoms with Crippen molar-refractivity contribution in [2.24, 2.45) is 5.92 Å². The zero-order valence-corrected chi connectivity index (χ0v) is 11.6. The lowest BCUT2D eigenvalue weighted by atomic mass is 10.00. The predicted molar refractivity (Wildman–Crippen MR) is 73.1 cm³/mol. The van der Waals surface area contributed by atoms with Crippen molar-refractivity contribution < 1.29 is 4.79 Å². The van der Waals surface area contributed by atoms with E-state index in [2.05, 4.69) is 12.0 Å². The van der Waals surface area contributed by atoms with Gasteiger partial charge in [0.15, 0.2) is 0 Å². The fourth-order valence-corrected chi connectivity index (χ4v) is 2.47. The summed E-state index contributed by atoms with van der Waals surface area (Å²) in [6.07, 6.45) is 3.04. The number of aromatic nitrogens is 2. The van der Waals surface area contributed by atoms with Crippen molar-refractivity contribution in [1.29, 1.82) is 0 Å². The molecule has 1 aromatic heterocycles. The molecule has 0 N–H and O–H groups in total. The molecule has 1 saturated heterocycles. The number of hydrogen-bond donors (Lipinski definition) is 0. The third-order valence-electron chi connectivity index (χ3n) is 3.47. The maximum absolute atomic E-state index is 12.4. The standard InChI is InChI=1S/C14H21N3O2/c1-3-8-17-13(18)7-6-12(15-17)14(19)16-9-4-5-11(2)10-16/h6-7,11H,3-5,8-10H2,1-2H3. The summed E-state index contributed by atoms with van der Waals surface area (Å²) in [6, 6.07) is 2.97. The Labute approximate surface area is 113 Å². The van der Waals surface area contributed by atoms with Crippen LogP contribution in [0.1, 0.15) is 43.6 Å². The van der Waals surface area contributed by atoms with E-state index in [1.807, 2.05) is 11.8 Å². The summed E-state index contributed by atoms with van der Waals surface area (Å²) >= 11 is 0. The molecule has 1 amide bonds. The second-order valence-electron chi connectivity index (χ2n) is 5.28. The highest BCUT2D eigenvalue weighted by Crippen LogP contribution is 2.16. The number of nitrogens with zero attached hydrogens (tertiary/aromatic N) is 3. The molecule has 2 heterocycles. The highest BCUT2D eigenvalue weighted by Gasteiger charge is 2.23. The maximum atomic E-state index is 12.4. The molecule has 1 fully saturated rings. The fraction of sp³-hybridized carbons (Fsp3) is 0.643. The first-order valence-electron chi connectivity index (χ1n) is 6.99. The van der Waals surface area contributed by atoms with Crippen LogP contribution in [0, 0.1) is 5.92 Å². The van der Waals surface area contributed by atoms with Gasteiger partial charge in [-0.3, -0.25) is 9.59 Å². The summed E-state index contributed by atoms with van der Waals surface area (Å²) in [6.45, 7) is 6.27. The van der Waals surface area contributed by atoms with E-state index < -0.39 is 0 Å². The fourth-order valence-electron chi connectivity index (χ4n) is 2.47. The Bertz CT molecular complexity index is 510. The van der Waals surface area contributed by atoms with E-state index in [0.29, 0.717) is 18.2 Å². The predicted octanol–water partition coefficient (Wildman–Crippen LogP) is 1.53. The van der Waals surface area contributed by atoms with Crippen molar-refractivity contribution in [3.8, 4) is 0 Å². The average molecular weight is 263 g/mol. The molecule has 1 atom stereocenters. The Morgan fingerprint density at radius 1 is 1.47 bits per heavy atom. The van der Waals surface area contributed by atoms with E-state index in [9.17, 15) is 9.59 Å². The number of likely N-dealkylation sites (tertiary alicyclic amines) is 1. The Morgan fingerprint density at radius 2 is 2.26 bits per heavy atom. The van der Waals surface area contributed by atoms with Crippen molar-refractivity contribution in [2.45, 2.75) is 39.7 Å². The van der Waals surface area contributed by atoms with E-state index in [1.54, 1.807) is 0 Å². The van der Waals surface area contributed by atoms with Gasteiger partial charge in [-0.2, -0.15) is 5.10 Å². The lowest BCUT2D eigenvalue weighted by Gasteiger charge is -2.30. The molecule has 5 heteroatoms. The summed E-state index contributed by atoms with van der Waals surface area (Å²) in [7, 11) is 0. The lowest BCUT2D eigenvalue weighted by Crippen LogP contribution is -2.40. The van der Waals surface area contributed by atoms with E-state index in [-0.39, 0.29) is 11.5 Å². The van der Waals surface area contributed by atoms with Gasteiger partial charge in [0.2, 0.25) is 0 Å². The molecule has 0 spiro atoms. The van der Waals surface area contributed by atoms with Crippen molar-refractivity contribution in [1.82, 2.24) is 14.7 Å². The van der Waals surface area contributed by atoms with Crippen LogP contribution < -0.4 is 5.56 Å². The van der Waals surface area contributed by atoms with E-state index in [1.165, 1.54) is 23.2 Å². The second-order valence-corrected chi connectivity index (χ2v) is 5.28. The van der Waals surface area contributed by atoms with E-state index in [4.69, 9.17) is 0 Å². The molecule has 2 rings (SSSR count). The zero-order valence-electron chi connectivity index (χ0n) is 11.6. The number of rotatable bonds is 3. The first-order chi connectivity index (χ1) is 9.11. The monoisotopic (exact) mass is 263 g/mol. The molecule has 1 aromatic rings. The van der Waals surface area contributed by atoms with Crippen molar-refractivity contribution in [3.63, 3.8) is 0 Å². The molecule has 0 aliphatic carbocycles. The molecule has 5 nitrogen and oxygen atoms in total. The number of piperidine rings is 1. The molecule has 19 heavy (non-hydrogen) atoms. The van der Waals surface area contributed by atoms with Crippen LogP contribution in [0.25, 0.3) is 0 Å². The van der Waals surface area contributed by atoms with Gasteiger partial charge in [-0.05, 0) is 31.2 Å². The van der Waals surface area contributed by atoms with Gasteiger partial charge in [0.25, 0.3) is 11.5 Å². The molecule has 0 aromatic carbocycles. The maximum Gasteiger partial charge on any atom is 0.274 e. The highest BCUT2D eigenvalue weighted by molar-refractivity contribution is 5.92. The molecule has 1 aliphatic rings. The largest absolute Gasteiger partial charge is 0.337 e. The summed E-state index contributed by atoms with van der Waals surface area (Å²) in [5.74, 6) is 0.482. The highest BCUT2D eigenvalue weighted by atomic mass is 16.2. The van der Waals surface area contributed by atoms with E-state index in [0.717, 1.165) is 25.9 Å². The Hall–Kier alpha value is -1.65. The first kappa shape index (κ1) is 13.8. The number of carbonyl (C=O) groups is 1. The van der Waals surface area contributed by atoms with Gasteiger partial charge in [0, 0.05) is 25.7 Å². The second kappa shape index (κ2) is 5.99. The van der Waals surface area contributed by atoms with Gasteiger partial charge in [0.05, 0.1) is 0 Å². The Kier molecular flexibility index (Phi) is 4.35. The van der Waals surface area contributed by atoms with Gasteiger partial charge in [0.1, 0.15) is 5.69 Å². The Morgan fingerprint density at radius 3 is 2.95 bits per heavy atom. The molecule has 0 radical (unpaired) electrons. The SMILES string of the molecule is CCCn1nc(C(=O)N2CCCC(C)C2)ccc1=O. The quantitative estimate of drug-likeness (QED) is 0.831. The van der Waals surface area contributed by atoms with Crippen molar-refractivity contribution in [3.05, 3.63) is 28.2 Å². The Balaban J connectivity index is 2.18. The average Bonchev–Trinajstić information content (AvgIpc) is 2.41. The first-order valence-corrected chi connectivity index (χ1v) is 6.99. The molecule has 1 aliphatic heterocycles. The number of aryl methyl sites for hydroxylation is 1. The van der Waals surface area contributed by atoms with Crippen molar-refractivity contribution in [2.75, 3.05) is 13.1 Å². The van der Waals surface area contributed by atoms with Crippen LogP contribution >= 0.6 is 0 Å². The van der Waals surface area contributed by atoms with Gasteiger partial charge < -0.3 is 4.90 Å². The van der Waals surface area contributed by atoms with Crippen LogP contribution in [0.5, 0.6) is 0 Å². The third kappa shape index (κ3) is 3.22. The minimum atomic E-state index is -0.148. The van der Waals surface area contributed by atoms with Crippen LogP contribution in [0.15, 0.2) is 16.9 Å². The molecular formula is C14H21N3O2. The summed E-state index contributed by atoms with van der Waals surface area (Å²) in [4.78, 5) is 25.8. The molecule has 0 saturated carbocycles. The summed E-state index contributed by atoms with van der Waals surface area (Å²) < 4.78 is 1.38. The van der Waals surface area contributed by atoms with E-state index >= 15 is 0 Å². The number of hydrogen-bond acceptors (Lipinski definition) is 3. The van der Waals surface area contributed by atoms with Crippen LogP contribution in [0.3, 0.4) is 0 Å². The normalized spacial score (nSPS) is 19.5. The van der Waals surface area contributed by atoms with Crippen LogP contribution in [-0.4, -0.2) is 33.7 Å². The minimum Gasteiger partial charge on any atom is -0.337 e. The smallest absolute Gasteiger partial charge is 0.274 e. The van der Waals surface area contributed by atoms with Gasteiger partial charge in [-0.1, -0.05) is 13.8 Å². The molecule has 1 unspecified atom stereocenters. The van der Waals surface area contributed by atoms with Crippen molar-refractivity contribution >= 4 is 5.91 Å². The summed E-state index contributed by atoms with van der Waals surface area (Å²) in [5.41, 5.74) is 0.229. The van der Waals surface area contributed by atoms with Gasteiger partial charge in [-0.25, -0.2) is 4.68 Å². The van der Waals surface area contributed by atoms with Gasteiger partial charge >= 0.3 is 0 Å². The lowest BCUT2D eigenvalue weighted by molar-refractivity contribution is 0.0674. The van der Waals surface area contributed by atoms with Crippen LogP contribution in [-0.2, 0) is 6.54 Å². The summed E-state index contributed by atoms with van der Waals surface area (Å²) in [5, 5.41) is 4.18. The molecule has 0 bridgehead atoms. The van der Waals surface area contributed by atoms with Crippen LogP contribution in [0.2, 0.25) is 0 Å². The number of amides is 1. The zero-order chi connectivity index (χ0) is 13.8. The topological polar surface area (TPSA) is 55.2 Å². The minimum absolute atomic E-state index is 0.0589. The molecule has 104 valence electrons. The van der Waals surface area contributed by atoms with Crippen LogP contribution in [0.4, 0.5) is 0 Å². The third-order valence-corrected chi connectivity index (χ3v) is 3.47.